The standard InChI is InChI=1S/C14H21BN2O3/c1-13(2)14(3,4)20-15(19-13)10-5-11(9-6-16-7-9)17-8-12(10)18/h5,8-9,16,18H,6-7H2,1-4H3. The molecule has 6 heteroatoms. The SMILES string of the molecule is CC1(C)OB(c2cc(C3CNC3)ncc2O)OC1(C)C. The Morgan fingerprint density at radius 3 is 2.35 bits per heavy atom. The van der Waals surface area contributed by atoms with Gasteiger partial charge in [-0.05, 0) is 33.8 Å². The lowest BCUT2D eigenvalue weighted by molar-refractivity contribution is 0.00578. The van der Waals surface area contributed by atoms with E-state index >= 15 is 0 Å². The van der Waals surface area contributed by atoms with Gasteiger partial charge in [0, 0.05) is 30.2 Å². The van der Waals surface area contributed by atoms with Crippen molar-refractivity contribution in [3.05, 3.63) is 18.0 Å². The summed E-state index contributed by atoms with van der Waals surface area (Å²) in [5, 5.41) is 13.3. The second kappa shape index (κ2) is 4.45. The Balaban J connectivity index is 1.90. The molecule has 3 rings (SSSR count). The van der Waals surface area contributed by atoms with E-state index in [2.05, 4.69) is 10.3 Å². The maximum absolute atomic E-state index is 10.1. The Morgan fingerprint density at radius 2 is 1.85 bits per heavy atom. The third-order valence-corrected chi connectivity index (χ3v) is 4.64. The van der Waals surface area contributed by atoms with Crippen molar-refractivity contribution in [1.29, 1.82) is 0 Å². The third kappa shape index (κ3) is 2.12. The maximum atomic E-state index is 10.1. The third-order valence-electron chi connectivity index (χ3n) is 4.64. The van der Waals surface area contributed by atoms with Crippen LogP contribution in [0.2, 0.25) is 0 Å². The number of aromatic hydroxyl groups is 1. The predicted molar refractivity (Wildman–Crippen MR) is 77.2 cm³/mol. The molecule has 2 fully saturated rings. The Hall–Kier alpha value is -1.11. The van der Waals surface area contributed by atoms with Crippen LogP contribution in [0, 0.1) is 0 Å². The summed E-state index contributed by atoms with van der Waals surface area (Å²) in [4.78, 5) is 4.30. The van der Waals surface area contributed by atoms with Crippen LogP contribution in [0.4, 0.5) is 0 Å². The maximum Gasteiger partial charge on any atom is 0.498 e. The van der Waals surface area contributed by atoms with Gasteiger partial charge in [0.1, 0.15) is 5.75 Å². The van der Waals surface area contributed by atoms with Gasteiger partial charge in [-0.2, -0.15) is 0 Å². The van der Waals surface area contributed by atoms with E-state index in [1.165, 1.54) is 6.20 Å². The van der Waals surface area contributed by atoms with Crippen molar-refractivity contribution in [2.24, 2.45) is 0 Å². The molecule has 1 aromatic heterocycles. The summed E-state index contributed by atoms with van der Waals surface area (Å²) in [5.74, 6) is 0.538. The summed E-state index contributed by atoms with van der Waals surface area (Å²) in [7, 11) is -0.546. The molecule has 0 aromatic carbocycles. The zero-order chi connectivity index (χ0) is 14.5. The van der Waals surface area contributed by atoms with Crippen LogP contribution >= 0.6 is 0 Å². The minimum absolute atomic E-state index is 0.125. The molecule has 2 aliphatic heterocycles. The number of hydrogen-bond donors (Lipinski definition) is 2. The van der Waals surface area contributed by atoms with Gasteiger partial charge in [0.25, 0.3) is 0 Å². The largest absolute Gasteiger partial charge is 0.507 e. The summed E-state index contributed by atoms with van der Waals surface area (Å²) >= 11 is 0. The van der Waals surface area contributed by atoms with Crippen molar-refractivity contribution < 1.29 is 14.4 Å². The van der Waals surface area contributed by atoms with E-state index in [0.717, 1.165) is 18.8 Å². The molecule has 0 spiro atoms. The molecule has 2 saturated heterocycles. The quantitative estimate of drug-likeness (QED) is 0.781. The zero-order valence-electron chi connectivity index (χ0n) is 12.4. The molecule has 0 unspecified atom stereocenters. The molecule has 20 heavy (non-hydrogen) atoms. The molecule has 3 heterocycles. The summed E-state index contributed by atoms with van der Waals surface area (Å²) < 4.78 is 12.0. The van der Waals surface area contributed by atoms with Crippen molar-refractivity contribution in [3.8, 4) is 5.75 Å². The second-order valence-electron chi connectivity index (χ2n) is 6.61. The van der Waals surface area contributed by atoms with E-state index < -0.39 is 18.3 Å². The van der Waals surface area contributed by atoms with E-state index in [9.17, 15) is 5.11 Å². The van der Waals surface area contributed by atoms with Gasteiger partial charge in [0.05, 0.1) is 17.4 Å². The molecule has 0 atom stereocenters. The van der Waals surface area contributed by atoms with Crippen molar-refractivity contribution in [2.45, 2.75) is 44.8 Å². The lowest BCUT2D eigenvalue weighted by Crippen LogP contribution is -2.41. The van der Waals surface area contributed by atoms with Gasteiger partial charge in [-0.25, -0.2) is 0 Å². The number of rotatable bonds is 2. The first kappa shape index (κ1) is 13.9. The fraction of sp³-hybridized carbons (Fsp3) is 0.643. The van der Waals surface area contributed by atoms with Crippen LogP contribution in [0.15, 0.2) is 12.3 Å². The Labute approximate surface area is 119 Å². The summed E-state index contributed by atoms with van der Waals surface area (Å²) in [6, 6.07) is 1.91. The average Bonchev–Trinajstić information content (AvgIpc) is 2.48. The highest BCUT2D eigenvalue weighted by molar-refractivity contribution is 6.63. The molecule has 0 amide bonds. The van der Waals surface area contributed by atoms with Gasteiger partial charge in [0.15, 0.2) is 0 Å². The van der Waals surface area contributed by atoms with E-state index in [4.69, 9.17) is 9.31 Å². The Bertz CT molecular complexity index is 513. The van der Waals surface area contributed by atoms with Crippen molar-refractivity contribution in [3.63, 3.8) is 0 Å². The van der Waals surface area contributed by atoms with Crippen LogP contribution in [-0.2, 0) is 9.31 Å². The molecule has 1 aromatic rings. The molecule has 0 saturated carbocycles. The number of aromatic nitrogens is 1. The molecule has 0 bridgehead atoms. The van der Waals surface area contributed by atoms with Gasteiger partial charge in [-0.3, -0.25) is 4.98 Å². The molecular formula is C14H21BN2O3. The molecule has 5 nitrogen and oxygen atoms in total. The van der Waals surface area contributed by atoms with E-state index in [-0.39, 0.29) is 5.75 Å². The minimum atomic E-state index is -0.546. The number of hydrogen-bond acceptors (Lipinski definition) is 5. The highest BCUT2D eigenvalue weighted by atomic mass is 16.7. The summed E-state index contributed by atoms with van der Waals surface area (Å²) in [6.07, 6.45) is 1.49. The molecule has 2 aliphatic rings. The van der Waals surface area contributed by atoms with Crippen LogP contribution in [0.3, 0.4) is 0 Å². The highest BCUT2D eigenvalue weighted by Crippen LogP contribution is 2.37. The number of pyridine rings is 1. The first-order chi connectivity index (χ1) is 9.30. The van der Waals surface area contributed by atoms with E-state index in [1.54, 1.807) is 0 Å². The molecule has 0 aliphatic carbocycles. The smallest absolute Gasteiger partial charge is 0.498 e. The average molecular weight is 276 g/mol. The van der Waals surface area contributed by atoms with Crippen LogP contribution in [0.25, 0.3) is 0 Å². The van der Waals surface area contributed by atoms with Gasteiger partial charge in [0.2, 0.25) is 0 Å². The monoisotopic (exact) mass is 276 g/mol. The van der Waals surface area contributed by atoms with Crippen LogP contribution < -0.4 is 10.8 Å². The van der Waals surface area contributed by atoms with Crippen molar-refractivity contribution >= 4 is 12.6 Å². The minimum Gasteiger partial charge on any atom is -0.507 e. The number of nitrogens with one attached hydrogen (secondary N) is 1. The number of nitrogens with zero attached hydrogens (tertiary/aromatic N) is 1. The van der Waals surface area contributed by atoms with Crippen molar-refractivity contribution in [1.82, 2.24) is 10.3 Å². The molecule has 2 N–H and O–H groups in total. The summed E-state index contributed by atoms with van der Waals surface area (Å²) in [6.45, 7) is 9.87. The summed E-state index contributed by atoms with van der Waals surface area (Å²) in [5.41, 5.74) is 0.823. The molecule has 108 valence electrons. The Kier molecular flexibility index (Phi) is 3.08. The first-order valence-corrected chi connectivity index (χ1v) is 7.05. The lowest BCUT2D eigenvalue weighted by Gasteiger charge is -2.32. The molecular weight excluding hydrogens is 255 g/mol. The van der Waals surface area contributed by atoms with Crippen LogP contribution in [0.5, 0.6) is 5.75 Å². The van der Waals surface area contributed by atoms with E-state index in [1.807, 2.05) is 33.8 Å². The van der Waals surface area contributed by atoms with Gasteiger partial charge < -0.3 is 19.7 Å². The normalized spacial score (nSPS) is 24.7. The fourth-order valence-corrected chi connectivity index (χ4v) is 2.36. The highest BCUT2D eigenvalue weighted by Gasteiger charge is 2.52. The van der Waals surface area contributed by atoms with E-state index in [0.29, 0.717) is 11.4 Å². The van der Waals surface area contributed by atoms with Gasteiger partial charge in [-0.15, -0.1) is 0 Å². The topological polar surface area (TPSA) is 63.6 Å². The van der Waals surface area contributed by atoms with Crippen molar-refractivity contribution in [2.75, 3.05) is 13.1 Å². The first-order valence-electron chi connectivity index (χ1n) is 7.05. The fourth-order valence-electron chi connectivity index (χ4n) is 2.36. The van der Waals surface area contributed by atoms with Gasteiger partial charge >= 0.3 is 7.12 Å². The lowest BCUT2D eigenvalue weighted by atomic mass is 9.77. The van der Waals surface area contributed by atoms with Gasteiger partial charge in [-0.1, -0.05) is 0 Å². The predicted octanol–water partition coefficient (Wildman–Crippen LogP) is 0.773. The Morgan fingerprint density at radius 1 is 1.25 bits per heavy atom. The zero-order valence-corrected chi connectivity index (χ0v) is 12.4. The van der Waals surface area contributed by atoms with Crippen LogP contribution in [-0.4, -0.2) is 41.5 Å². The second-order valence-corrected chi connectivity index (χ2v) is 6.61. The van der Waals surface area contributed by atoms with Crippen LogP contribution in [0.1, 0.15) is 39.3 Å². The molecule has 0 radical (unpaired) electrons.